The largest absolute Gasteiger partial charge is 0.384 e. The van der Waals surface area contributed by atoms with Crippen LogP contribution >= 0.6 is 0 Å². The summed E-state index contributed by atoms with van der Waals surface area (Å²) in [5.74, 6) is 0.0926. The van der Waals surface area contributed by atoms with Crippen molar-refractivity contribution >= 4 is 5.78 Å². The van der Waals surface area contributed by atoms with Gasteiger partial charge in [-0.3, -0.25) is 4.79 Å². The van der Waals surface area contributed by atoms with Crippen LogP contribution in [0.25, 0.3) is 0 Å². The number of nitrogens with two attached hydrogens (primary N) is 1. The zero-order valence-electron chi connectivity index (χ0n) is 5.59. The Bertz CT molecular complexity index is 248. The summed E-state index contributed by atoms with van der Waals surface area (Å²) >= 11 is 0. The van der Waals surface area contributed by atoms with Gasteiger partial charge in [0, 0.05) is 7.05 Å². The summed E-state index contributed by atoms with van der Waals surface area (Å²) in [6.45, 7) is 0.231. The highest BCUT2D eigenvalue weighted by atomic mass is 16.1. The summed E-state index contributed by atoms with van der Waals surface area (Å²) in [4.78, 5) is 12.4. The maximum Gasteiger partial charge on any atom is 0.196 e. The molecule has 0 aromatic heterocycles. The van der Waals surface area contributed by atoms with Crippen molar-refractivity contribution in [2.75, 3.05) is 13.6 Å². The monoisotopic (exact) mass is 137 g/mol. The smallest absolute Gasteiger partial charge is 0.196 e. The van der Waals surface area contributed by atoms with Gasteiger partial charge in [0.15, 0.2) is 5.78 Å². The summed E-state index contributed by atoms with van der Waals surface area (Å²) in [6.07, 6.45) is 0. The summed E-state index contributed by atoms with van der Waals surface area (Å²) in [6, 6.07) is 1.76. The molecule has 1 heterocycles. The van der Waals surface area contributed by atoms with Crippen molar-refractivity contribution in [3.05, 3.63) is 11.4 Å². The lowest BCUT2D eigenvalue weighted by Crippen LogP contribution is -2.20. The van der Waals surface area contributed by atoms with E-state index < -0.39 is 0 Å². The van der Waals surface area contributed by atoms with Crippen LogP contribution in [0.1, 0.15) is 0 Å². The maximum absolute atomic E-state index is 10.8. The molecule has 10 heavy (non-hydrogen) atoms. The SMILES string of the molecule is CN1CC(=O)C(C#N)=C1N. The van der Waals surface area contributed by atoms with E-state index in [-0.39, 0.29) is 23.7 Å². The third-order valence-corrected chi connectivity index (χ3v) is 1.44. The lowest BCUT2D eigenvalue weighted by Gasteiger charge is -2.08. The number of nitriles is 1. The van der Waals surface area contributed by atoms with Gasteiger partial charge in [0.25, 0.3) is 0 Å². The fraction of sp³-hybridized carbons (Fsp3) is 0.333. The molecular formula is C6H7N3O. The van der Waals surface area contributed by atoms with Gasteiger partial charge < -0.3 is 10.6 Å². The Morgan fingerprint density at radius 2 is 2.40 bits per heavy atom. The van der Waals surface area contributed by atoms with E-state index in [1.165, 1.54) is 0 Å². The summed E-state index contributed by atoms with van der Waals surface area (Å²) in [5, 5.41) is 8.39. The van der Waals surface area contributed by atoms with E-state index in [2.05, 4.69) is 0 Å². The minimum absolute atomic E-state index is 0.0856. The minimum Gasteiger partial charge on any atom is -0.384 e. The number of nitrogens with zero attached hydrogens (tertiary/aromatic N) is 2. The second kappa shape index (κ2) is 2.03. The van der Waals surface area contributed by atoms with Crippen molar-refractivity contribution in [2.24, 2.45) is 5.73 Å². The van der Waals surface area contributed by atoms with E-state index in [4.69, 9.17) is 11.0 Å². The molecule has 0 aromatic rings. The molecule has 4 heteroatoms. The van der Waals surface area contributed by atoms with Crippen molar-refractivity contribution in [3.8, 4) is 6.07 Å². The second-order valence-corrected chi connectivity index (χ2v) is 2.15. The number of ketones is 1. The number of rotatable bonds is 0. The molecule has 0 radical (unpaired) electrons. The molecule has 0 saturated carbocycles. The molecule has 1 aliphatic heterocycles. The van der Waals surface area contributed by atoms with Crippen LogP contribution in [-0.4, -0.2) is 24.3 Å². The number of Topliss-reactive ketones (excluding diaryl/α,β-unsaturated/α-hetero) is 1. The normalized spacial score (nSPS) is 18.0. The van der Waals surface area contributed by atoms with Gasteiger partial charge in [-0.25, -0.2) is 0 Å². The van der Waals surface area contributed by atoms with Gasteiger partial charge >= 0.3 is 0 Å². The lowest BCUT2D eigenvalue weighted by molar-refractivity contribution is -0.114. The predicted molar refractivity (Wildman–Crippen MR) is 34.5 cm³/mol. The molecule has 2 N–H and O–H groups in total. The summed E-state index contributed by atoms with van der Waals surface area (Å²) in [5.41, 5.74) is 5.47. The first-order valence-corrected chi connectivity index (χ1v) is 2.81. The highest BCUT2D eigenvalue weighted by Gasteiger charge is 2.24. The van der Waals surface area contributed by atoms with Gasteiger partial charge in [0.2, 0.25) is 0 Å². The molecule has 0 amide bonds. The highest BCUT2D eigenvalue weighted by Crippen LogP contribution is 2.11. The Morgan fingerprint density at radius 3 is 2.60 bits per heavy atom. The van der Waals surface area contributed by atoms with E-state index in [1.807, 2.05) is 0 Å². The molecule has 0 saturated heterocycles. The van der Waals surface area contributed by atoms with E-state index in [0.29, 0.717) is 0 Å². The minimum atomic E-state index is -0.192. The number of carbonyl (C=O) groups is 1. The number of hydrogen-bond acceptors (Lipinski definition) is 4. The molecule has 1 rings (SSSR count). The summed E-state index contributed by atoms with van der Waals surface area (Å²) < 4.78 is 0. The predicted octanol–water partition coefficient (Wildman–Crippen LogP) is -0.805. The van der Waals surface area contributed by atoms with E-state index in [1.54, 1.807) is 18.0 Å². The van der Waals surface area contributed by atoms with Crippen LogP contribution in [0.5, 0.6) is 0 Å². The molecule has 52 valence electrons. The van der Waals surface area contributed by atoms with Crippen LogP contribution in [-0.2, 0) is 4.79 Å². The Kier molecular flexibility index (Phi) is 1.34. The Labute approximate surface area is 58.5 Å². The number of carbonyl (C=O) groups excluding carboxylic acids is 1. The Morgan fingerprint density at radius 1 is 1.80 bits per heavy atom. The maximum atomic E-state index is 10.8. The number of hydrogen-bond donors (Lipinski definition) is 1. The molecule has 1 aliphatic rings. The second-order valence-electron chi connectivity index (χ2n) is 2.15. The van der Waals surface area contributed by atoms with Gasteiger partial charge in [-0.2, -0.15) is 5.26 Å². The van der Waals surface area contributed by atoms with Crippen molar-refractivity contribution in [2.45, 2.75) is 0 Å². The van der Waals surface area contributed by atoms with Gasteiger partial charge in [-0.1, -0.05) is 0 Å². The topological polar surface area (TPSA) is 70.1 Å². The molecule has 0 atom stereocenters. The zero-order chi connectivity index (χ0) is 7.72. The van der Waals surface area contributed by atoms with Gasteiger partial charge in [-0.15, -0.1) is 0 Å². The van der Waals surface area contributed by atoms with E-state index in [0.717, 1.165) is 0 Å². The van der Waals surface area contributed by atoms with Crippen molar-refractivity contribution in [3.63, 3.8) is 0 Å². The molecule has 0 aromatic carbocycles. The quantitative estimate of drug-likeness (QED) is 0.474. The molecule has 0 spiro atoms. The van der Waals surface area contributed by atoms with Crippen LogP contribution in [0.15, 0.2) is 11.4 Å². The summed E-state index contributed by atoms with van der Waals surface area (Å²) in [7, 11) is 1.68. The van der Waals surface area contributed by atoms with Crippen molar-refractivity contribution in [1.29, 1.82) is 5.26 Å². The molecular weight excluding hydrogens is 130 g/mol. The van der Waals surface area contributed by atoms with Crippen molar-refractivity contribution < 1.29 is 4.79 Å². The molecule has 0 aliphatic carbocycles. The zero-order valence-corrected chi connectivity index (χ0v) is 5.59. The van der Waals surface area contributed by atoms with Gasteiger partial charge in [0.05, 0.1) is 6.54 Å². The standard InChI is InChI=1S/C6H7N3O/c1-9-3-5(10)4(2-7)6(9)8/h3,8H2,1H3. The van der Waals surface area contributed by atoms with Crippen LogP contribution in [0.3, 0.4) is 0 Å². The fourth-order valence-corrected chi connectivity index (χ4v) is 0.833. The van der Waals surface area contributed by atoms with E-state index in [9.17, 15) is 4.79 Å². The number of likely N-dealkylation sites (N-methyl/N-ethyl adjacent to an activating group) is 1. The first-order valence-electron chi connectivity index (χ1n) is 2.81. The van der Waals surface area contributed by atoms with Gasteiger partial charge in [-0.05, 0) is 0 Å². The van der Waals surface area contributed by atoms with Crippen molar-refractivity contribution in [1.82, 2.24) is 4.90 Å². The van der Waals surface area contributed by atoms with E-state index >= 15 is 0 Å². The fourth-order valence-electron chi connectivity index (χ4n) is 0.833. The third kappa shape index (κ3) is 0.722. The molecule has 0 fully saturated rings. The Balaban J connectivity index is 3.05. The Hall–Kier alpha value is -1.50. The molecule has 0 unspecified atom stereocenters. The van der Waals surface area contributed by atoms with Gasteiger partial charge in [0.1, 0.15) is 17.5 Å². The average Bonchev–Trinajstić information content (AvgIpc) is 2.09. The highest BCUT2D eigenvalue weighted by molar-refractivity contribution is 6.03. The van der Waals surface area contributed by atoms with Crippen LogP contribution in [0, 0.1) is 11.3 Å². The average molecular weight is 137 g/mol. The third-order valence-electron chi connectivity index (χ3n) is 1.44. The molecule has 0 bridgehead atoms. The lowest BCUT2D eigenvalue weighted by atomic mass is 10.2. The first kappa shape index (κ1) is 6.62. The first-order chi connectivity index (χ1) is 4.66. The van der Waals surface area contributed by atoms with Crippen LogP contribution in [0.2, 0.25) is 0 Å². The van der Waals surface area contributed by atoms with Crippen LogP contribution in [0.4, 0.5) is 0 Å². The van der Waals surface area contributed by atoms with Crippen LogP contribution < -0.4 is 5.73 Å². The molecule has 4 nitrogen and oxygen atoms in total.